The lowest BCUT2D eigenvalue weighted by atomic mass is 9.67. The minimum absolute atomic E-state index is 0.0551. The molecule has 2 aliphatic rings. The van der Waals surface area contributed by atoms with E-state index in [2.05, 4.69) is 13.8 Å². The first-order valence-corrected chi connectivity index (χ1v) is 11.4. The van der Waals surface area contributed by atoms with Gasteiger partial charge in [0.05, 0.1) is 6.61 Å². The summed E-state index contributed by atoms with van der Waals surface area (Å²) in [6.07, 6.45) is 1.78. The van der Waals surface area contributed by atoms with Gasteiger partial charge >= 0.3 is 5.97 Å². The highest BCUT2D eigenvalue weighted by molar-refractivity contribution is 6.30. The van der Waals surface area contributed by atoms with Crippen LogP contribution < -0.4 is 0 Å². The maximum atomic E-state index is 13.3. The summed E-state index contributed by atoms with van der Waals surface area (Å²) >= 11 is 6.29. The van der Waals surface area contributed by atoms with Gasteiger partial charge in [-0.3, -0.25) is 14.6 Å². The van der Waals surface area contributed by atoms with Crippen LogP contribution in [0.1, 0.15) is 50.7 Å². The molecule has 4 rings (SSSR count). The lowest BCUT2D eigenvalue weighted by molar-refractivity contribution is -0.146. The number of halogens is 1. The monoisotopic (exact) mass is 449 g/mol. The molecule has 0 saturated carbocycles. The van der Waals surface area contributed by atoms with Gasteiger partial charge in [0.1, 0.15) is 5.92 Å². The number of allylic oxidation sites excluding steroid dienone is 2. The number of nitrogens with zero attached hydrogens (tertiary/aromatic N) is 1. The maximum Gasteiger partial charge on any atom is 0.315 e. The molecule has 0 radical (unpaired) electrons. The lowest BCUT2D eigenvalue weighted by Crippen LogP contribution is -2.39. The average Bonchev–Trinajstić information content (AvgIpc) is 2.72. The van der Waals surface area contributed by atoms with Crippen molar-refractivity contribution in [3.63, 3.8) is 0 Å². The van der Waals surface area contributed by atoms with Crippen LogP contribution in [0.2, 0.25) is 5.02 Å². The number of hydrogen-bond donors (Lipinski definition) is 0. The highest BCUT2D eigenvalue weighted by Gasteiger charge is 2.46. The Bertz CT molecular complexity index is 1100. The largest absolute Gasteiger partial charge is 0.465 e. The molecule has 0 aromatic heterocycles. The highest BCUT2D eigenvalue weighted by atomic mass is 35.5. The number of carbonyl (C=O) groups is 2. The van der Waals surface area contributed by atoms with Gasteiger partial charge < -0.3 is 4.74 Å². The molecule has 166 valence electrons. The highest BCUT2D eigenvalue weighted by Crippen LogP contribution is 2.48. The summed E-state index contributed by atoms with van der Waals surface area (Å²) in [5.41, 5.74) is 3.92. The zero-order chi connectivity index (χ0) is 22.9. The molecule has 32 heavy (non-hydrogen) atoms. The molecule has 1 aliphatic carbocycles. The van der Waals surface area contributed by atoms with Crippen molar-refractivity contribution in [3.8, 4) is 0 Å². The smallest absolute Gasteiger partial charge is 0.315 e. The van der Waals surface area contributed by atoms with Crippen molar-refractivity contribution in [2.24, 2.45) is 16.3 Å². The van der Waals surface area contributed by atoms with Gasteiger partial charge in [-0.2, -0.15) is 0 Å². The molecule has 1 aliphatic heterocycles. The van der Waals surface area contributed by atoms with E-state index in [0.29, 0.717) is 35.6 Å². The molecule has 2 aromatic rings. The summed E-state index contributed by atoms with van der Waals surface area (Å²) in [4.78, 5) is 31.3. The van der Waals surface area contributed by atoms with Crippen LogP contribution in [0.15, 0.2) is 70.9 Å². The van der Waals surface area contributed by atoms with Crippen molar-refractivity contribution < 1.29 is 14.3 Å². The van der Waals surface area contributed by atoms with Gasteiger partial charge in [-0.15, -0.1) is 0 Å². The summed E-state index contributed by atoms with van der Waals surface area (Å²) < 4.78 is 5.71. The molecule has 1 unspecified atom stereocenters. The van der Waals surface area contributed by atoms with Crippen molar-refractivity contribution in [1.82, 2.24) is 0 Å². The number of ketones is 1. The van der Waals surface area contributed by atoms with E-state index in [1.807, 2.05) is 55.5 Å². The second-order valence-corrected chi connectivity index (χ2v) is 9.90. The number of Topliss-reactive ketones (excluding diaryl/α,β-unsaturated/α-hetero) is 1. The first kappa shape index (κ1) is 22.5. The normalized spacial score (nSPS) is 22.2. The Morgan fingerprint density at radius 2 is 1.88 bits per heavy atom. The number of aliphatic imine (C=N–C) groups is 1. The van der Waals surface area contributed by atoms with Gasteiger partial charge in [-0.25, -0.2) is 0 Å². The van der Waals surface area contributed by atoms with Crippen LogP contribution in [-0.4, -0.2) is 24.1 Å². The maximum absolute atomic E-state index is 13.3. The Morgan fingerprint density at radius 3 is 2.59 bits per heavy atom. The van der Waals surface area contributed by atoms with Crippen LogP contribution in [0.5, 0.6) is 0 Å². The standard InChI is InChI=1S/C27H28ClNO3/c1-17-23(26(31)32-13-12-18-8-5-4-6-9-18)24(19-10-7-11-20(28)14-19)25-21(29-17)15-27(2,3)16-22(25)30/h4-11,14,23-24H,12-13,15-16H2,1-3H3/t23?,24-/m0/s1. The predicted molar refractivity (Wildman–Crippen MR) is 127 cm³/mol. The number of benzene rings is 2. The molecule has 1 heterocycles. The zero-order valence-corrected chi connectivity index (χ0v) is 19.5. The third-order valence-electron chi connectivity index (χ3n) is 6.24. The summed E-state index contributed by atoms with van der Waals surface area (Å²) in [5.74, 6) is -1.38. The molecule has 0 saturated heterocycles. The number of ether oxygens (including phenoxy) is 1. The SMILES string of the molecule is CC1=NC2=C(C(=O)CC(C)(C)C2)[C@@H](c2cccc(Cl)c2)C1C(=O)OCCc1ccccc1. The van der Waals surface area contributed by atoms with E-state index in [1.54, 1.807) is 6.07 Å². The number of carbonyl (C=O) groups excluding carboxylic acids is 2. The molecule has 4 nitrogen and oxygen atoms in total. The van der Waals surface area contributed by atoms with Crippen LogP contribution in [-0.2, 0) is 20.7 Å². The molecule has 0 fully saturated rings. The van der Waals surface area contributed by atoms with Crippen LogP contribution in [0.3, 0.4) is 0 Å². The Labute approximate surface area is 194 Å². The number of esters is 1. The predicted octanol–water partition coefficient (Wildman–Crippen LogP) is 5.94. The molecular weight excluding hydrogens is 422 g/mol. The van der Waals surface area contributed by atoms with Gasteiger partial charge in [0.2, 0.25) is 0 Å². The molecule has 0 spiro atoms. The fraction of sp³-hybridized carbons (Fsp3) is 0.370. The van der Waals surface area contributed by atoms with Crippen LogP contribution in [0.25, 0.3) is 0 Å². The van der Waals surface area contributed by atoms with Crippen molar-refractivity contribution in [2.45, 2.75) is 46.0 Å². The fourth-order valence-electron chi connectivity index (χ4n) is 4.81. The molecule has 5 heteroatoms. The van der Waals surface area contributed by atoms with E-state index >= 15 is 0 Å². The number of rotatable bonds is 5. The topological polar surface area (TPSA) is 55.7 Å². The van der Waals surface area contributed by atoms with Gasteiger partial charge in [-0.05, 0) is 42.0 Å². The summed E-state index contributed by atoms with van der Waals surface area (Å²) in [7, 11) is 0. The third kappa shape index (κ3) is 4.71. The van der Waals surface area contributed by atoms with Crippen molar-refractivity contribution >= 4 is 29.1 Å². The fourth-order valence-corrected chi connectivity index (χ4v) is 5.01. The molecule has 0 bridgehead atoms. The van der Waals surface area contributed by atoms with E-state index in [1.165, 1.54) is 0 Å². The first-order chi connectivity index (χ1) is 15.2. The molecule has 2 atom stereocenters. The molecule has 0 N–H and O–H groups in total. The summed E-state index contributed by atoms with van der Waals surface area (Å²) in [5, 5.41) is 0.574. The summed E-state index contributed by atoms with van der Waals surface area (Å²) in [6, 6.07) is 17.3. The van der Waals surface area contributed by atoms with E-state index in [0.717, 1.165) is 16.8 Å². The zero-order valence-electron chi connectivity index (χ0n) is 18.7. The minimum Gasteiger partial charge on any atom is -0.465 e. The molecular formula is C27H28ClNO3. The van der Waals surface area contributed by atoms with Gasteiger partial charge in [0, 0.05) is 40.8 Å². The Hall–Kier alpha value is -2.72. The van der Waals surface area contributed by atoms with Crippen LogP contribution >= 0.6 is 11.6 Å². The third-order valence-corrected chi connectivity index (χ3v) is 6.48. The van der Waals surface area contributed by atoms with Crippen molar-refractivity contribution in [2.75, 3.05) is 6.61 Å². The van der Waals surface area contributed by atoms with Crippen LogP contribution in [0.4, 0.5) is 0 Å². The van der Waals surface area contributed by atoms with E-state index < -0.39 is 11.8 Å². The first-order valence-electron chi connectivity index (χ1n) is 11.0. The van der Waals surface area contributed by atoms with E-state index in [-0.39, 0.29) is 23.8 Å². The Morgan fingerprint density at radius 1 is 1.12 bits per heavy atom. The second kappa shape index (κ2) is 9.03. The minimum atomic E-state index is -0.645. The Balaban J connectivity index is 1.66. The van der Waals surface area contributed by atoms with Gasteiger partial charge in [0.15, 0.2) is 5.78 Å². The second-order valence-electron chi connectivity index (χ2n) is 9.47. The molecule has 0 amide bonds. The lowest BCUT2D eigenvalue weighted by Gasteiger charge is -2.39. The Kier molecular flexibility index (Phi) is 6.34. The van der Waals surface area contributed by atoms with Crippen molar-refractivity contribution in [1.29, 1.82) is 0 Å². The van der Waals surface area contributed by atoms with Crippen LogP contribution in [0, 0.1) is 11.3 Å². The summed E-state index contributed by atoms with van der Waals surface area (Å²) in [6.45, 7) is 6.30. The quantitative estimate of drug-likeness (QED) is 0.530. The van der Waals surface area contributed by atoms with Gasteiger partial charge in [-0.1, -0.05) is 67.9 Å². The molecule has 2 aromatic carbocycles. The number of hydrogen-bond acceptors (Lipinski definition) is 4. The van der Waals surface area contributed by atoms with Crippen molar-refractivity contribution in [3.05, 3.63) is 82.0 Å². The van der Waals surface area contributed by atoms with Gasteiger partial charge in [0.25, 0.3) is 0 Å². The van der Waals surface area contributed by atoms with E-state index in [4.69, 9.17) is 21.3 Å². The average molecular weight is 450 g/mol. The van der Waals surface area contributed by atoms with E-state index in [9.17, 15) is 9.59 Å².